The fourth-order valence-electron chi connectivity index (χ4n) is 3.22. The van der Waals surface area contributed by atoms with E-state index in [1.807, 2.05) is 4.90 Å². The summed E-state index contributed by atoms with van der Waals surface area (Å²) >= 11 is 0. The second kappa shape index (κ2) is 5.99. The Hall–Kier alpha value is -0.660. The van der Waals surface area contributed by atoms with Crippen molar-refractivity contribution in [2.75, 3.05) is 32.4 Å². The number of carbonyl (C=O) groups is 1. The highest BCUT2D eigenvalue weighted by molar-refractivity contribution is 7.88. The summed E-state index contributed by atoms with van der Waals surface area (Å²) in [5.41, 5.74) is -0.239. The molecular weight excluding hydrogens is 278 g/mol. The maximum absolute atomic E-state index is 12.7. The monoisotopic (exact) mass is 303 g/mol. The Bertz CT molecular complexity index is 449. The Morgan fingerprint density at radius 3 is 2.50 bits per heavy atom. The lowest BCUT2D eigenvalue weighted by Gasteiger charge is -2.37. The van der Waals surface area contributed by atoms with Crippen molar-refractivity contribution >= 4 is 15.9 Å². The summed E-state index contributed by atoms with van der Waals surface area (Å²) in [6.45, 7) is 5.04. The van der Waals surface area contributed by atoms with Gasteiger partial charge < -0.3 is 10.2 Å². The molecule has 6 nitrogen and oxygen atoms in total. The second-order valence-electron chi connectivity index (χ2n) is 6.02. The van der Waals surface area contributed by atoms with Gasteiger partial charge in [-0.25, -0.2) is 13.1 Å². The van der Waals surface area contributed by atoms with Crippen molar-refractivity contribution in [1.82, 2.24) is 14.9 Å². The number of carbonyl (C=O) groups excluding carboxylic acids is 1. The molecule has 2 aliphatic heterocycles. The van der Waals surface area contributed by atoms with Crippen LogP contribution in [-0.4, -0.2) is 57.7 Å². The summed E-state index contributed by atoms with van der Waals surface area (Å²) in [5, 5.41) is 3.28. The summed E-state index contributed by atoms with van der Waals surface area (Å²) in [4.78, 5) is 14.6. The van der Waals surface area contributed by atoms with Crippen molar-refractivity contribution < 1.29 is 13.2 Å². The first-order valence-corrected chi connectivity index (χ1v) is 9.23. The van der Waals surface area contributed by atoms with Crippen LogP contribution in [0.25, 0.3) is 0 Å². The highest BCUT2D eigenvalue weighted by Crippen LogP contribution is 2.32. The standard InChI is InChI=1S/C13H25N3O3S/c1-3-13(6-7-14-10-13)12(17)16-8-4-11(5-9-16)15-20(2,18)19/h11,14-15H,3-10H2,1-2H3. The zero-order valence-corrected chi connectivity index (χ0v) is 13.1. The number of piperidine rings is 1. The number of likely N-dealkylation sites (tertiary alicyclic amines) is 1. The molecular formula is C13H25N3O3S. The van der Waals surface area contributed by atoms with Crippen molar-refractivity contribution in [3.63, 3.8) is 0 Å². The number of sulfonamides is 1. The average Bonchev–Trinajstić information content (AvgIpc) is 2.87. The highest BCUT2D eigenvalue weighted by atomic mass is 32.2. The third kappa shape index (κ3) is 3.51. The van der Waals surface area contributed by atoms with Gasteiger partial charge in [0.05, 0.1) is 11.7 Å². The van der Waals surface area contributed by atoms with E-state index in [1.54, 1.807) is 0 Å². The molecule has 0 bridgehead atoms. The maximum Gasteiger partial charge on any atom is 0.230 e. The fourth-order valence-corrected chi connectivity index (χ4v) is 4.06. The van der Waals surface area contributed by atoms with E-state index in [2.05, 4.69) is 17.0 Å². The van der Waals surface area contributed by atoms with Gasteiger partial charge in [-0.1, -0.05) is 6.92 Å². The van der Waals surface area contributed by atoms with Gasteiger partial charge in [0.15, 0.2) is 0 Å². The smallest absolute Gasteiger partial charge is 0.230 e. The third-order valence-corrected chi connectivity index (χ3v) is 5.30. The van der Waals surface area contributed by atoms with Crippen LogP contribution in [0.5, 0.6) is 0 Å². The summed E-state index contributed by atoms with van der Waals surface area (Å²) in [6, 6.07) is -0.0340. The van der Waals surface area contributed by atoms with Crippen LogP contribution in [0.2, 0.25) is 0 Å². The number of hydrogen-bond donors (Lipinski definition) is 2. The van der Waals surface area contributed by atoms with Gasteiger partial charge in [0, 0.05) is 25.7 Å². The molecule has 0 radical (unpaired) electrons. The SMILES string of the molecule is CCC1(C(=O)N2CCC(NS(C)(=O)=O)CC2)CCNC1. The average molecular weight is 303 g/mol. The van der Waals surface area contributed by atoms with Gasteiger partial charge in [0.1, 0.15) is 0 Å². The molecule has 0 saturated carbocycles. The van der Waals surface area contributed by atoms with E-state index < -0.39 is 10.0 Å². The van der Waals surface area contributed by atoms with E-state index in [9.17, 15) is 13.2 Å². The Balaban J connectivity index is 1.92. The molecule has 7 heteroatoms. The molecule has 2 saturated heterocycles. The molecule has 0 aromatic heterocycles. The van der Waals surface area contributed by atoms with Crippen LogP contribution in [0.15, 0.2) is 0 Å². The molecule has 2 aliphatic rings. The molecule has 1 atom stereocenters. The minimum absolute atomic E-state index is 0.0340. The predicted octanol–water partition coefficient (Wildman–Crippen LogP) is -0.0837. The fraction of sp³-hybridized carbons (Fsp3) is 0.923. The molecule has 1 unspecified atom stereocenters. The van der Waals surface area contributed by atoms with E-state index >= 15 is 0 Å². The lowest BCUT2D eigenvalue weighted by atomic mass is 9.82. The van der Waals surface area contributed by atoms with Crippen LogP contribution >= 0.6 is 0 Å². The topological polar surface area (TPSA) is 78.5 Å². The molecule has 0 aliphatic carbocycles. The van der Waals surface area contributed by atoms with E-state index in [4.69, 9.17) is 0 Å². The van der Waals surface area contributed by atoms with Gasteiger partial charge in [-0.2, -0.15) is 0 Å². The minimum Gasteiger partial charge on any atom is -0.342 e. The molecule has 0 aromatic carbocycles. The zero-order chi connectivity index (χ0) is 14.8. The van der Waals surface area contributed by atoms with E-state index in [1.165, 1.54) is 6.26 Å². The summed E-state index contributed by atoms with van der Waals surface area (Å²) < 4.78 is 25.1. The quantitative estimate of drug-likeness (QED) is 0.761. The Kier molecular flexibility index (Phi) is 4.71. The molecule has 2 fully saturated rings. The zero-order valence-electron chi connectivity index (χ0n) is 12.3. The van der Waals surface area contributed by atoms with E-state index in [-0.39, 0.29) is 17.4 Å². The lowest BCUT2D eigenvalue weighted by molar-refractivity contribution is -0.142. The summed E-state index contributed by atoms with van der Waals surface area (Å²) in [5.74, 6) is 0.239. The first-order chi connectivity index (χ1) is 9.36. The normalized spacial score (nSPS) is 28.8. The van der Waals surface area contributed by atoms with Gasteiger partial charge in [-0.3, -0.25) is 4.79 Å². The maximum atomic E-state index is 12.7. The summed E-state index contributed by atoms with van der Waals surface area (Å²) in [7, 11) is -3.16. The molecule has 2 heterocycles. The molecule has 20 heavy (non-hydrogen) atoms. The van der Waals surface area contributed by atoms with Crippen molar-refractivity contribution in [3.8, 4) is 0 Å². The highest BCUT2D eigenvalue weighted by Gasteiger charge is 2.42. The molecule has 2 rings (SSSR count). The molecule has 116 valence electrons. The van der Waals surface area contributed by atoms with Gasteiger partial charge in [-0.05, 0) is 32.2 Å². The van der Waals surface area contributed by atoms with E-state index in [0.717, 1.165) is 25.9 Å². The third-order valence-electron chi connectivity index (χ3n) is 4.54. The van der Waals surface area contributed by atoms with Crippen LogP contribution in [0.4, 0.5) is 0 Å². The molecule has 0 spiro atoms. The first kappa shape index (κ1) is 15.7. The Morgan fingerprint density at radius 1 is 1.40 bits per heavy atom. The number of hydrogen-bond acceptors (Lipinski definition) is 4. The Morgan fingerprint density at radius 2 is 2.05 bits per heavy atom. The van der Waals surface area contributed by atoms with Crippen molar-refractivity contribution in [2.24, 2.45) is 5.41 Å². The second-order valence-corrected chi connectivity index (χ2v) is 7.80. The molecule has 2 N–H and O–H groups in total. The van der Waals surface area contributed by atoms with Crippen LogP contribution in [0.3, 0.4) is 0 Å². The number of rotatable bonds is 4. The summed E-state index contributed by atoms with van der Waals surface area (Å²) in [6.07, 6.45) is 4.35. The number of amides is 1. The lowest BCUT2D eigenvalue weighted by Crippen LogP contribution is -2.51. The van der Waals surface area contributed by atoms with Crippen LogP contribution in [0.1, 0.15) is 32.6 Å². The van der Waals surface area contributed by atoms with Gasteiger partial charge in [-0.15, -0.1) is 0 Å². The van der Waals surface area contributed by atoms with Crippen molar-refractivity contribution in [1.29, 1.82) is 0 Å². The van der Waals surface area contributed by atoms with Crippen LogP contribution < -0.4 is 10.0 Å². The molecule has 0 aromatic rings. The van der Waals surface area contributed by atoms with Gasteiger partial charge in [0.25, 0.3) is 0 Å². The van der Waals surface area contributed by atoms with Gasteiger partial charge in [0.2, 0.25) is 15.9 Å². The Labute approximate surface area is 121 Å². The largest absolute Gasteiger partial charge is 0.342 e. The van der Waals surface area contributed by atoms with Gasteiger partial charge >= 0.3 is 0 Å². The van der Waals surface area contributed by atoms with Crippen LogP contribution in [0, 0.1) is 5.41 Å². The number of nitrogens with one attached hydrogen (secondary N) is 2. The molecule has 1 amide bonds. The minimum atomic E-state index is -3.16. The van der Waals surface area contributed by atoms with Crippen molar-refractivity contribution in [3.05, 3.63) is 0 Å². The van der Waals surface area contributed by atoms with Crippen LogP contribution in [-0.2, 0) is 14.8 Å². The van der Waals surface area contributed by atoms with E-state index in [0.29, 0.717) is 25.9 Å². The number of nitrogens with zero attached hydrogens (tertiary/aromatic N) is 1. The first-order valence-electron chi connectivity index (χ1n) is 7.34. The van der Waals surface area contributed by atoms with Crippen molar-refractivity contribution in [2.45, 2.75) is 38.6 Å². The predicted molar refractivity (Wildman–Crippen MR) is 77.8 cm³/mol.